The van der Waals surface area contributed by atoms with Crippen molar-refractivity contribution in [3.05, 3.63) is 28.3 Å². The summed E-state index contributed by atoms with van der Waals surface area (Å²) in [7, 11) is 0. The number of rotatable bonds is 6. The van der Waals surface area contributed by atoms with Crippen molar-refractivity contribution < 1.29 is 19.4 Å². The summed E-state index contributed by atoms with van der Waals surface area (Å²) >= 11 is 6.31. The highest BCUT2D eigenvalue weighted by Crippen LogP contribution is 2.39. The maximum absolute atomic E-state index is 13.2. The van der Waals surface area contributed by atoms with Crippen LogP contribution in [0.5, 0.6) is 5.75 Å². The minimum atomic E-state index is -0.405. The van der Waals surface area contributed by atoms with Gasteiger partial charge in [-0.1, -0.05) is 11.6 Å². The zero-order chi connectivity index (χ0) is 22.9. The van der Waals surface area contributed by atoms with Gasteiger partial charge < -0.3 is 19.6 Å². The van der Waals surface area contributed by atoms with Gasteiger partial charge in [-0.05, 0) is 75.6 Å². The Morgan fingerprint density at radius 1 is 1.09 bits per heavy atom. The molecule has 1 aromatic rings. The number of carbonyl (C=O) groups is 2. The van der Waals surface area contributed by atoms with Crippen molar-refractivity contribution in [2.24, 2.45) is 11.3 Å². The highest BCUT2D eigenvalue weighted by Gasteiger charge is 2.43. The number of carbonyl (C=O) groups excluding carboxylic acids is 2. The van der Waals surface area contributed by atoms with Gasteiger partial charge in [-0.15, -0.1) is 0 Å². The van der Waals surface area contributed by atoms with Crippen LogP contribution in [0, 0.1) is 25.2 Å². The molecule has 1 aromatic carbocycles. The molecule has 1 aliphatic carbocycles. The van der Waals surface area contributed by atoms with Crippen LogP contribution in [-0.4, -0.2) is 65.6 Å². The Hall–Kier alpha value is -1.79. The fourth-order valence-electron chi connectivity index (χ4n) is 5.07. The van der Waals surface area contributed by atoms with Crippen molar-refractivity contribution in [2.75, 3.05) is 32.8 Å². The molecule has 3 fully saturated rings. The Labute approximate surface area is 195 Å². The minimum Gasteiger partial charge on any atom is -0.493 e. The van der Waals surface area contributed by atoms with Crippen LogP contribution in [0.2, 0.25) is 5.02 Å². The molecule has 2 saturated heterocycles. The number of aryl methyl sites for hydroxylation is 2. The Balaban J connectivity index is 1.50. The van der Waals surface area contributed by atoms with Crippen molar-refractivity contribution in [3.8, 4) is 5.75 Å². The molecule has 32 heavy (non-hydrogen) atoms. The molecule has 0 spiro atoms. The van der Waals surface area contributed by atoms with Crippen LogP contribution in [0.3, 0.4) is 0 Å². The first-order chi connectivity index (χ1) is 15.3. The normalized spacial score (nSPS) is 24.5. The predicted octanol–water partition coefficient (Wildman–Crippen LogP) is 3.73. The summed E-state index contributed by atoms with van der Waals surface area (Å²) in [6, 6.07) is 3.87. The number of ether oxygens (including phenoxy) is 1. The smallest absolute Gasteiger partial charge is 0.225 e. The molecule has 0 unspecified atom stereocenters. The Morgan fingerprint density at radius 2 is 1.75 bits per heavy atom. The summed E-state index contributed by atoms with van der Waals surface area (Å²) < 4.78 is 6.27. The second-order valence-electron chi connectivity index (χ2n) is 10.1. The van der Waals surface area contributed by atoms with E-state index in [1.165, 1.54) is 0 Å². The van der Waals surface area contributed by atoms with Crippen molar-refractivity contribution in [2.45, 2.75) is 64.9 Å². The molecule has 1 N–H and O–H groups in total. The maximum Gasteiger partial charge on any atom is 0.225 e. The number of amides is 2. The van der Waals surface area contributed by atoms with E-state index in [2.05, 4.69) is 0 Å². The van der Waals surface area contributed by atoms with Crippen LogP contribution in [0.4, 0.5) is 0 Å². The molecule has 0 aromatic heterocycles. The molecule has 6 nitrogen and oxygen atoms in total. The third-order valence-electron chi connectivity index (χ3n) is 7.20. The van der Waals surface area contributed by atoms with E-state index in [-0.39, 0.29) is 23.8 Å². The molecule has 4 rings (SSSR count). The minimum absolute atomic E-state index is 0.102. The Morgan fingerprint density at radius 3 is 2.38 bits per heavy atom. The summed E-state index contributed by atoms with van der Waals surface area (Å²) in [6.07, 6.45) is 5.02. The first-order valence-corrected chi connectivity index (χ1v) is 12.3. The largest absolute Gasteiger partial charge is 0.493 e. The number of aliphatic hydroxyl groups is 1. The molecule has 2 aliphatic heterocycles. The van der Waals surface area contributed by atoms with Gasteiger partial charge in [-0.2, -0.15) is 0 Å². The lowest BCUT2D eigenvalue weighted by Gasteiger charge is -2.43. The quantitative estimate of drug-likeness (QED) is 0.699. The van der Waals surface area contributed by atoms with Gasteiger partial charge in [0.25, 0.3) is 0 Å². The predicted molar refractivity (Wildman–Crippen MR) is 124 cm³/mol. The molecular formula is C25H35ClN2O4. The number of piperidine rings is 2. The van der Waals surface area contributed by atoms with E-state index in [1.807, 2.05) is 35.8 Å². The van der Waals surface area contributed by atoms with Gasteiger partial charge in [0.05, 0.1) is 12.7 Å². The van der Waals surface area contributed by atoms with E-state index in [0.29, 0.717) is 45.5 Å². The third kappa shape index (κ3) is 5.40. The van der Waals surface area contributed by atoms with Gasteiger partial charge in [0.15, 0.2) is 0 Å². The van der Waals surface area contributed by atoms with Gasteiger partial charge in [-0.25, -0.2) is 0 Å². The molecule has 1 saturated carbocycles. The molecule has 1 atom stereocenters. The second kappa shape index (κ2) is 9.60. The number of halogens is 1. The van der Waals surface area contributed by atoms with Crippen LogP contribution >= 0.6 is 11.6 Å². The highest BCUT2D eigenvalue weighted by atomic mass is 35.5. The fraction of sp³-hybridized carbons (Fsp3) is 0.680. The van der Waals surface area contributed by atoms with E-state index < -0.39 is 5.41 Å². The average molecular weight is 463 g/mol. The van der Waals surface area contributed by atoms with Crippen LogP contribution in [0.1, 0.15) is 56.1 Å². The molecule has 176 valence electrons. The SMILES string of the molecule is Cc1cc(OC[C@]2(CC(=O)N3CCC(O)CC3)CCCN(C(=O)C3CC3)C2)cc(C)c1Cl. The zero-order valence-corrected chi connectivity index (χ0v) is 20.0. The summed E-state index contributed by atoms with van der Waals surface area (Å²) in [5.41, 5.74) is 1.53. The lowest BCUT2D eigenvalue weighted by atomic mass is 9.77. The Kier molecular flexibility index (Phi) is 7.01. The molecule has 3 aliphatic rings. The van der Waals surface area contributed by atoms with Gasteiger partial charge >= 0.3 is 0 Å². The molecule has 2 amide bonds. The summed E-state index contributed by atoms with van der Waals surface area (Å²) in [5.74, 6) is 1.26. The monoisotopic (exact) mass is 462 g/mol. The number of benzene rings is 1. The lowest BCUT2D eigenvalue weighted by Crippen LogP contribution is -2.52. The van der Waals surface area contributed by atoms with Crippen molar-refractivity contribution in [1.29, 1.82) is 0 Å². The average Bonchev–Trinajstić information content (AvgIpc) is 3.61. The highest BCUT2D eigenvalue weighted by molar-refractivity contribution is 6.32. The summed E-state index contributed by atoms with van der Waals surface area (Å²) in [5, 5.41) is 10.5. The van der Waals surface area contributed by atoms with Gasteiger partial charge in [-0.3, -0.25) is 9.59 Å². The third-order valence-corrected chi connectivity index (χ3v) is 7.79. The van der Waals surface area contributed by atoms with E-state index in [4.69, 9.17) is 16.3 Å². The van der Waals surface area contributed by atoms with Crippen molar-refractivity contribution >= 4 is 23.4 Å². The van der Waals surface area contributed by atoms with Gasteiger partial charge in [0.1, 0.15) is 5.75 Å². The summed E-state index contributed by atoms with van der Waals surface area (Å²) in [4.78, 5) is 29.9. The number of hydrogen-bond acceptors (Lipinski definition) is 4. The maximum atomic E-state index is 13.2. The van der Waals surface area contributed by atoms with Gasteiger partial charge in [0, 0.05) is 49.0 Å². The first kappa shape index (κ1) is 23.4. The second-order valence-corrected chi connectivity index (χ2v) is 10.5. The van der Waals surface area contributed by atoms with E-state index in [1.54, 1.807) is 0 Å². The van der Waals surface area contributed by atoms with Crippen molar-refractivity contribution in [1.82, 2.24) is 9.80 Å². The first-order valence-electron chi connectivity index (χ1n) is 11.9. The van der Waals surface area contributed by atoms with Crippen LogP contribution in [-0.2, 0) is 9.59 Å². The molecular weight excluding hydrogens is 428 g/mol. The van der Waals surface area contributed by atoms with Crippen LogP contribution < -0.4 is 4.74 Å². The zero-order valence-electron chi connectivity index (χ0n) is 19.2. The topological polar surface area (TPSA) is 70.1 Å². The summed E-state index contributed by atoms with van der Waals surface area (Å²) in [6.45, 7) is 6.83. The number of nitrogens with zero attached hydrogens (tertiary/aromatic N) is 2. The number of aliphatic hydroxyl groups excluding tert-OH is 1. The molecule has 0 radical (unpaired) electrons. The van der Waals surface area contributed by atoms with E-state index in [0.717, 1.165) is 54.1 Å². The van der Waals surface area contributed by atoms with E-state index >= 15 is 0 Å². The molecule has 7 heteroatoms. The standard InChI is InChI=1S/C25H35ClN2O4/c1-17-12-21(13-18(2)23(17)26)32-16-25(14-22(30)27-10-6-20(29)7-11-27)8-3-9-28(15-25)24(31)19-4-5-19/h12-13,19-20,29H,3-11,14-16H2,1-2H3/t25-/m0/s1. The fourth-order valence-corrected chi connectivity index (χ4v) is 5.18. The van der Waals surface area contributed by atoms with E-state index in [9.17, 15) is 14.7 Å². The number of hydrogen-bond donors (Lipinski definition) is 1. The number of likely N-dealkylation sites (tertiary alicyclic amines) is 2. The Bertz CT molecular complexity index is 840. The molecule has 2 heterocycles. The van der Waals surface area contributed by atoms with Crippen LogP contribution in [0.15, 0.2) is 12.1 Å². The molecule has 0 bridgehead atoms. The lowest BCUT2D eigenvalue weighted by molar-refractivity contribution is -0.143. The van der Waals surface area contributed by atoms with Crippen molar-refractivity contribution in [3.63, 3.8) is 0 Å². The van der Waals surface area contributed by atoms with Gasteiger partial charge in [0.2, 0.25) is 11.8 Å². The van der Waals surface area contributed by atoms with Crippen LogP contribution in [0.25, 0.3) is 0 Å².